The maximum Gasteiger partial charge on any atom is 0.247 e. The Labute approximate surface area is 129 Å². The highest BCUT2D eigenvalue weighted by atomic mass is 15.4. The second-order valence-corrected chi connectivity index (χ2v) is 5.25. The molecule has 1 fully saturated rings. The third-order valence-corrected chi connectivity index (χ3v) is 3.62. The van der Waals surface area contributed by atoms with Crippen molar-refractivity contribution in [2.24, 2.45) is 0 Å². The molecule has 1 aromatic heterocycles. The Hall–Kier alpha value is -2.72. The van der Waals surface area contributed by atoms with Crippen molar-refractivity contribution in [3.8, 4) is 6.07 Å². The number of piperazine rings is 1. The molecule has 2 heterocycles. The predicted octanol–water partition coefficient (Wildman–Crippen LogP) is 1.24. The fraction of sp³-hybridized carbons (Fsp3) is 0.333. The van der Waals surface area contributed by atoms with Gasteiger partial charge < -0.3 is 15.1 Å². The third kappa shape index (κ3) is 3.30. The van der Waals surface area contributed by atoms with E-state index in [1.165, 1.54) is 0 Å². The Morgan fingerprint density at radius 2 is 1.86 bits per heavy atom. The first kappa shape index (κ1) is 14.2. The molecule has 0 bridgehead atoms. The van der Waals surface area contributed by atoms with Gasteiger partial charge in [0.25, 0.3) is 0 Å². The van der Waals surface area contributed by atoms with Crippen molar-refractivity contribution in [2.75, 3.05) is 43.4 Å². The van der Waals surface area contributed by atoms with Crippen LogP contribution in [0.1, 0.15) is 5.56 Å². The van der Waals surface area contributed by atoms with Crippen LogP contribution in [0.4, 0.5) is 17.5 Å². The summed E-state index contributed by atoms with van der Waals surface area (Å²) in [6.07, 6.45) is 1.60. The van der Waals surface area contributed by atoms with Crippen LogP contribution in [0.3, 0.4) is 0 Å². The summed E-state index contributed by atoms with van der Waals surface area (Å²) >= 11 is 0. The molecule has 2 aromatic rings. The van der Waals surface area contributed by atoms with E-state index in [0.717, 1.165) is 31.9 Å². The van der Waals surface area contributed by atoms with E-state index in [1.54, 1.807) is 18.3 Å². The number of hydrogen-bond donors (Lipinski definition) is 1. The van der Waals surface area contributed by atoms with Gasteiger partial charge in [-0.1, -0.05) is 0 Å². The van der Waals surface area contributed by atoms with Crippen LogP contribution >= 0.6 is 0 Å². The van der Waals surface area contributed by atoms with E-state index < -0.39 is 0 Å². The number of rotatable bonds is 3. The fourth-order valence-electron chi connectivity index (χ4n) is 2.27. The zero-order chi connectivity index (χ0) is 15.4. The molecule has 22 heavy (non-hydrogen) atoms. The standard InChI is InChI=1S/C15H17N7/c1-21-6-8-22(9-7-21)15-19-14(11-17-20-15)18-13-4-2-12(10-16)3-5-13/h2-5,11H,6-9H2,1H3,(H,18,19,20). The van der Waals surface area contributed by atoms with Crippen LogP contribution in [0, 0.1) is 11.3 Å². The van der Waals surface area contributed by atoms with E-state index in [9.17, 15) is 0 Å². The summed E-state index contributed by atoms with van der Waals surface area (Å²) in [7, 11) is 2.11. The van der Waals surface area contributed by atoms with Gasteiger partial charge in [0.05, 0.1) is 17.8 Å². The molecular weight excluding hydrogens is 278 g/mol. The highest BCUT2D eigenvalue weighted by Gasteiger charge is 2.17. The van der Waals surface area contributed by atoms with Gasteiger partial charge in [-0.15, -0.1) is 5.10 Å². The number of nitrogens with one attached hydrogen (secondary N) is 1. The molecule has 0 saturated carbocycles. The highest BCUT2D eigenvalue weighted by molar-refractivity contribution is 5.57. The van der Waals surface area contributed by atoms with E-state index in [0.29, 0.717) is 17.3 Å². The molecule has 0 atom stereocenters. The molecule has 1 aliphatic rings. The van der Waals surface area contributed by atoms with Gasteiger partial charge in [0.15, 0.2) is 5.82 Å². The Balaban J connectivity index is 1.72. The minimum atomic E-state index is 0.629. The Morgan fingerprint density at radius 1 is 1.14 bits per heavy atom. The van der Waals surface area contributed by atoms with Crippen LogP contribution in [0.25, 0.3) is 0 Å². The summed E-state index contributed by atoms with van der Waals surface area (Å²) in [6.45, 7) is 3.80. The van der Waals surface area contributed by atoms with Gasteiger partial charge >= 0.3 is 0 Å². The molecular formula is C15H17N7. The average molecular weight is 295 g/mol. The molecule has 1 saturated heterocycles. The van der Waals surface area contributed by atoms with Gasteiger partial charge in [0.2, 0.25) is 5.95 Å². The van der Waals surface area contributed by atoms with Gasteiger partial charge in [-0.05, 0) is 31.3 Å². The second-order valence-electron chi connectivity index (χ2n) is 5.25. The summed E-state index contributed by atoms with van der Waals surface area (Å²) < 4.78 is 0. The lowest BCUT2D eigenvalue weighted by molar-refractivity contribution is 0.311. The molecule has 0 amide bonds. The lowest BCUT2D eigenvalue weighted by Crippen LogP contribution is -2.45. The van der Waals surface area contributed by atoms with Gasteiger partial charge in [-0.25, -0.2) is 0 Å². The zero-order valence-electron chi connectivity index (χ0n) is 12.4. The van der Waals surface area contributed by atoms with E-state index in [4.69, 9.17) is 5.26 Å². The molecule has 112 valence electrons. The maximum atomic E-state index is 8.81. The van der Waals surface area contributed by atoms with Gasteiger partial charge in [0, 0.05) is 31.9 Å². The molecule has 3 rings (SSSR count). The number of nitrogens with zero attached hydrogens (tertiary/aromatic N) is 6. The minimum absolute atomic E-state index is 0.629. The maximum absolute atomic E-state index is 8.81. The Bertz CT molecular complexity index is 669. The van der Waals surface area contributed by atoms with E-state index in [1.807, 2.05) is 12.1 Å². The van der Waals surface area contributed by atoms with Gasteiger partial charge in [-0.2, -0.15) is 15.3 Å². The molecule has 1 aromatic carbocycles. The van der Waals surface area contributed by atoms with Crippen molar-refractivity contribution in [2.45, 2.75) is 0 Å². The van der Waals surface area contributed by atoms with Crippen LogP contribution in [0.15, 0.2) is 30.5 Å². The zero-order valence-corrected chi connectivity index (χ0v) is 12.4. The van der Waals surface area contributed by atoms with Crippen LogP contribution in [-0.2, 0) is 0 Å². The normalized spacial score (nSPS) is 15.4. The molecule has 7 heteroatoms. The first-order valence-corrected chi connectivity index (χ1v) is 7.15. The second kappa shape index (κ2) is 6.37. The van der Waals surface area contributed by atoms with E-state index in [2.05, 4.69) is 43.4 Å². The smallest absolute Gasteiger partial charge is 0.247 e. The first-order valence-electron chi connectivity index (χ1n) is 7.15. The van der Waals surface area contributed by atoms with Crippen LogP contribution in [0.2, 0.25) is 0 Å². The molecule has 1 N–H and O–H groups in total. The van der Waals surface area contributed by atoms with Crippen molar-refractivity contribution in [3.05, 3.63) is 36.0 Å². The van der Waals surface area contributed by atoms with E-state index in [-0.39, 0.29) is 0 Å². The Morgan fingerprint density at radius 3 is 2.55 bits per heavy atom. The fourth-order valence-corrected chi connectivity index (χ4v) is 2.27. The lowest BCUT2D eigenvalue weighted by Gasteiger charge is -2.32. The van der Waals surface area contributed by atoms with Crippen LogP contribution in [0.5, 0.6) is 0 Å². The van der Waals surface area contributed by atoms with Crippen molar-refractivity contribution >= 4 is 17.5 Å². The summed E-state index contributed by atoms with van der Waals surface area (Å²) in [4.78, 5) is 8.93. The SMILES string of the molecule is CN1CCN(c2nncc(Nc3ccc(C#N)cc3)n2)CC1. The Kier molecular flexibility index (Phi) is 4.12. The van der Waals surface area contributed by atoms with Crippen molar-refractivity contribution in [1.82, 2.24) is 20.1 Å². The largest absolute Gasteiger partial charge is 0.339 e. The number of hydrogen-bond acceptors (Lipinski definition) is 7. The number of likely N-dealkylation sites (N-methyl/N-ethyl adjacent to an activating group) is 1. The summed E-state index contributed by atoms with van der Waals surface area (Å²) in [5.41, 5.74) is 1.49. The van der Waals surface area contributed by atoms with Crippen molar-refractivity contribution in [1.29, 1.82) is 5.26 Å². The molecule has 0 aliphatic carbocycles. The molecule has 7 nitrogen and oxygen atoms in total. The third-order valence-electron chi connectivity index (χ3n) is 3.62. The molecule has 1 aliphatic heterocycles. The number of benzene rings is 1. The van der Waals surface area contributed by atoms with Crippen molar-refractivity contribution < 1.29 is 0 Å². The average Bonchev–Trinajstić information content (AvgIpc) is 2.56. The molecule has 0 spiro atoms. The van der Waals surface area contributed by atoms with E-state index >= 15 is 0 Å². The lowest BCUT2D eigenvalue weighted by atomic mass is 10.2. The van der Waals surface area contributed by atoms with Crippen LogP contribution < -0.4 is 10.2 Å². The molecule has 0 unspecified atom stereocenters. The monoisotopic (exact) mass is 295 g/mol. The topological polar surface area (TPSA) is 81.0 Å². The highest BCUT2D eigenvalue weighted by Crippen LogP contribution is 2.17. The minimum Gasteiger partial charge on any atom is -0.339 e. The summed E-state index contributed by atoms with van der Waals surface area (Å²) in [6, 6.07) is 9.31. The molecule has 0 radical (unpaired) electrons. The number of anilines is 3. The first-order chi connectivity index (χ1) is 10.7. The quantitative estimate of drug-likeness (QED) is 0.912. The predicted molar refractivity (Wildman–Crippen MR) is 84.0 cm³/mol. The van der Waals surface area contributed by atoms with Gasteiger partial charge in [0.1, 0.15) is 0 Å². The summed E-state index contributed by atoms with van der Waals surface area (Å²) in [5, 5.41) is 20.1. The number of aromatic nitrogens is 3. The number of nitriles is 1. The van der Waals surface area contributed by atoms with Crippen LogP contribution in [-0.4, -0.2) is 53.3 Å². The summed E-state index contributed by atoms with van der Waals surface area (Å²) in [5.74, 6) is 1.29. The van der Waals surface area contributed by atoms with Crippen molar-refractivity contribution in [3.63, 3.8) is 0 Å². The van der Waals surface area contributed by atoms with Gasteiger partial charge in [-0.3, -0.25) is 0 Å².